The number of ether oxygens (including phenoxy) is 1. The lowest BCUT2D eigenvalue weighted by Gasteiger charge is -2.35. The second-order valence-electron chi connectivity index (χ2n) is 6.15. The highest BCUT2D eigenvalue weighted by molar-refractivity contribution is 5.80. The molecule has 1 fully saturated rings. The highest BCUT2D eigenvalue weighted by Gasteiger charge is 2.23. The number of carbonyl (C=O) groups is 1. The number of aryl methyl sites for hydroxylation is 3. The van der Waals surface area contributed by atoms with Crippen molar-refractivity contribution in [1.29, 1.82) is 0 Å². The van der Waals surface area contributed by atoms with Gasteiger partial charge in [0, 0.05) is 52.0 Å². The third-order valence-corrected chi connectivity index (χ3v) is 4.25. The van der Waals surface area contributed by atoms with E-state index in [1.807, 2.05) is 18.5 Å². The van der Waals surface area contributed by atoms with E-state index in [-0.39, 0.29) is 6.09 Å². The van der Waals surface area contributed by atoms with Gasteiger partial charge in [0.15, 0.2) is 5.96 Å². The summed E-state index contributed by atoms with van der Waals surface area (Å²) >= 11 is 0. The van der Waals surface area contributed by atoms with E-state index in [0.29, 0.717) is 19.7 Å². The monoisotopic (exact) mass is 350 g/mol. The Morgan fingerprint density at radius 1 is 1.28 bits per heavy atom. The Labute approximate surface area is 149 Å². The molecule has 1 aromatic heterocycles. The third kappa shape index (κ3) is 5.37. The van der Waals surface area contributed by atoms with E-state index in [1.165, 1.54) is 5.69 Å². The first kappa shape index (κ1) is 19.1. The molecule has 0 radical (unpaired) electrons. The number of rotatable bonds is 5. The van der Waals surface area contributed by atoms with E-state index in [4.69, 9.17) is 4.74 Å². The number of amides is 1. The van der Waals surface area contributed by atoms with Crippen molar-refractivity contribution in [2.24, 2.45) is 4.99 Å². The number of guanidine groups is 1. The molecule has 2 rings (SSSR count). The van der Waals surface area contributed by atoms with Crippen LogP contribution in [-0.4, -0.2) is 78.0 Å². The van der Waals surface area contributed by atoms with Gasteiger partial charge in [-0.2, -0.15) is 5.10 Å². The predicted molar refractivity (Wildman–Crippen MR) is 97.8 cm³/mol. The standard InChI is InChI=1S/C17H30N6O2/c1-5-25-17(24)22-11-9-21(10-12-22)16(18-4)19-7-6-8-23-15(3)13-14(2)20-23/h13H,5-12H2,1-4H3,(H,18,19). The number of piperazine rings is 1. The average molecular weight is 350 g/mol. The van der Waals surface area contributed by atoms with Gasteiger partial charge in [0.2, 0.25) is 0 Å². The number of hydrogen-bond donors (Lipinski definition) is 1. The van der Waals surface area contributed by atoms with Crippen molar-refractivity contribution in [1.82, 2.24) is 24.9 Å². The van der Waals surface area contributed by atoms with Crippen molar-refractivity contribution in [3.05, 3.63) is 17.5 Å². The molecule has 0 bridgehead atoms. The second kappa shape index (κ2) is 9.29. The van der Waals surface area contributed by atoms with E-state index < -0.39 is 0 Å². The lowest BCUT2D eigenvalue weighted by molar-refractivity contribution is 0.0914. The minimum Gasteiger partial charge on any atom is -0.450 e. The van der Waals surface area contributed by atoms with Gasteiger partial charge < -0.3 is 19.9 Å². The summed E-state index contributed by atoms with van der Waals surface area (Å²) in [6.45, 7) is 10.9. The van der Waals surface area contributed by atoms with Crippen molar-refractivity contribution in [2.45, 2.75) is 33.7 Å². The molecule has 1 saturated heterocycles. The number of nitrogens with one attached hydrogen (secondary N) is 1. The molecule has 140 valence electrons. The Morgan fingerprint density at radius 3 is 2.52 bits per heavy atom. The molecular weight excluding hydrogens is 320 g/mol. The molecule has 1 aliphatic heterocycles. The summed E-state index contributed by atoms with van der Waals surface area (Å²) in [5, 5.41) is 7.88. The van der Waals surface area contributed by atoms with Crippen molar-refractivity contribution in [3.63, 3.8) is 0 Å². The molecule has 25 heavy (non-hydrogen) atoms. The molecule has 1 N–H and O–H groups in total. The maximum Gasteiger partial charge on any atom is 0.409 e. The molecule has 0 aliphatic carbocycles. The van der Waals surface area contributed by atoms with E-state index in [0.717, 1.165) is 44.3 Å². The predicted octanol–water partition coefficient (Wildman–Crippen LogP) is 1.24. The van der Waals surface area contributed by atoms with Gasteiger partial charge >= 0.3 is 6.09 Å². The van der Waals surface area contributed by atoms with Gasteiger partial charge in [-0.15, -0.1) is 0 Å². The Bertz CT molecular complexity index is 590. The summed E-state index contributed by atoms with van der Waals surface area (Å²) in [7, 11) is 1.79. The van der Waals surface area contributed by atoms with Crippen LogP contribution >= 0.6 is 0 Å². The SMILES string of the molecule is CCOC(=O)N1CCN(C(=NC)NCCCn2nc(C)cc2C)CC1. The van der Waals surface area contributed by atoms with Crippen LogP contribution in [0.3, 0.4) is 0 Å². The Kier molecular flexibility index (Phi) is 7.09. The van der Waals surface area contributed by atoms with Crippen LogP contribution in [-0.2, 0) is 11.3 Å². The fourth-order valence-corrected chi connectivity index (χ4v) is 2.98. The van der Waals surface area contributed by atoms with E-state index in [2.05, 4.69) is 33.3 Å². The summed E-state index contributed by atoms with van der Waals surface area (Å²) in [5.41, 5.74) is 2.25. The number of hydrogen-bond acceptors (Lipinski definition) is 4. The van der Waals surface area contributed by atoms with Crippen LogP contribution in [0.1, 0.15) is 24.7 Å². The molecule has 8 nitrogen and oxygen atoms in total. The minimum absolute atomic E-state index is 0.227. The molecule has 1 aromatic rings. The molecule has 2 heterocycles. The zero-order valence-corrected chi connectivity index (χ0v) is 15.8. The second-order valence-corrected chi connectivity index (χ2v) is 6.15. The normalized spacial score (nSPS) is 15.4. The quantitative estimate of drug-likeness (QED) is 0.491. The van der Waals surface area contributed by atoms with Gasteiger partial charge in [0.05, 0.1) is 12.3 Å². The molecule has 0 aromatic carbocycles. The topological polar surface area (TPSA) is 75.0 Å². The van der Waals surface area contributed by atoms with Crippen LogP contribution in [0.2, 0.25) is 0 Å². The molecule has 1 amide bonds. The van der Waals surface area contributed by atoms with E-state index in [9.17, 15) is 4.79 Å². The third-order valence-electron chi connectivity index (χ3n) is 4.25. The molecule has 8 heteroatoms. The van der Waals surface area contributed by atoms with E-state index >= 15 is 0 Å². The first-order valence-electron chi connectivity index (χ1n) is 8.93. The van der Waals surface area contributed by atoms with Crippen molar-refractivity contribution >= 4 is 12.1 Å². The van der Waals surface area contributed by atoms with Gasteiger partial charge in [-0.3, -0.25) is 9.67 Å². The fourth-order valence-electron chi connectivity index (χ4n) is 2.98. The Hall–Kier alpha value is -2.25. The van der Waals surface area contributed by atoms with Crippen molar-refractivity contribution < 1.29 is 9.53 Å². The number of nitrogens with zero attached hydrogens (tertiary/aromatic N) is 5. The Morgan fingerprint density at radius 2 is 1.96 bits per heavy atom. The Balaban J connectivity index is 1.72. The van der Waals surface area contributed by atoms with Gasteiger partial charge in [-0.05, 0) is 33.3 Å². The van der Waals surface area contributed by atoms with Crippen LogP contribution in [0.25, 0.3) is 0 Å². The highest BCUT2D eigenvalue weighted by atomic mass is 16.6. The lowest BCUT2D eigenvalue weighted by atomic mass is 10.3. The van der Waals surface area contributed by atoms with Crippen molar-refractivity contribution in [3.8, 4) is 0 Å². The zero-order valence-electron chi connectivity index (χ0n) is 15.8. The first-order valence-corrected chi connectivity index (χ1v) is 8.93. The minimum atomic E-state index is -0.227. The molecular formula is C17H30N6O2. The van der Waals surface area contributed by atoms with Crippen molar-refractivity contribution in [2.75, 3.05) is 46.4 Å². The van der Waals surface area contributed by atoms with Gasteiger partial charge in [0.1, 0.15) is 0 Å². The zero-order chi connectivity index (χ0) is 18.2. The summed E-state index contributed by atoms with van der Waals surface area (Å²) in [6.07, 6.45) is 0.749. The largest absolute Gasteiger partial charge is 0.450 e. The average Bonchev–Trinajstić information content (AvgIpc) is 2.93. The molecule has 0 unspecified atom stereocenters. The van der Waals surface area contributed by atoms with Crippen LogP contribution < -0.4 is 5.32 Å². The molecule has 0 atom stereocenters. The van der Waals surface area contributed by atoms with Gasteiger partial charge in [-0.25, -0.2) is 4.79 Å². The summed E-state index contributed by atoms with van der Waals surface area (Å²) < 4.78 is 7.09. The number of aromatic nitrogens is 2. The number of aliphatic imine (C=N–C) groups is 1. The lowest BCUT2D eigenvalue weighted by Crippen LogP contribution is -2.54. The maximum absolute atomic E-state index is 11.8. The fraction of sp³-hybridized carbons (Fsp3) is 0.706. The molecule has 0 saturated carbocycles. The smallest absolute Gasteiger partial charge is 0.409 e. The van der Waals surface area contributed by atoms with E-state index in [1.54, 1.807) is 11.9 Å². The van der Waals surface area contributed by atoms with Crippen LogP contribution in [0, 0.1) is 13.8 Å². The van der Waals surface area contributed by atoms with Crippen LogP contribution in [0.15, 0.2) is 11.1 Å². The van der Waals surface area contributed by atoms with Gasteiger partial charge in [-0.1, -0.05) is 0 Å². The molecule has 0 spiro atoms. The first-order chi connectivity index (χ1) is 12.0. The summed E-state index contributed by atoms with van der Waals surface area (Å²) in [5.74, 6) is 0.886. The van der Waals surface area contributed by atoms with Crippen LogP contribution in [0.5, 0.6) is 0 Å². The maximum atomic E-state index is 11.8. The van der Waals surface area contributed by atoms with Gasteiger partial charge in [0.25, 0.3) is 0 Å². The molecule has 1 aliphatic rings. The van der Waals surface area contributed by atoms with Crippen LogP contribution in [0.4, 0.5) is 4.79 Å². The summed E-state index contributed by atoms with van der Waals surface area (Å²) in [6, 6.07) is 2.09. The summed E-state index contributed by atoms with van der Waals surface area (Å²) in [4.78, 5) is 20.0. The number of carbonyl (C=O) groups excluding carboxylic acids is 1. The highest BCUT2D eigenvalue weighted by Crippen LogP contribution is 2.05.